The van der Waals surface area contributed by atoms with Gasteiger partial charge in [-0.1, -0.05) is 11.6 Å². The Hall–Kier alpha value is -1.76. The molecule has 0 aliphatic rings. The number of halogens is 3. The molecule has 2 rings (SSSR count). The van der Waals surface area contributed by atoms with Crippen molar-refractivity contribution in [3.63, 3.8) is 0 Å². The molecule has 0 saturated heterocycles. The van der Waals surface area contributed by atoms with Crippen molar-refractivity contribution in [1.29, 1.82) is 0 Å². The monoisotopic (exact) mass is 274 g/mol. The fourth-order valence-electron chi connectivity index (χ4n) is 1.55. The van der Waals surface area contributed by atoms with Gasteiger partial charge in [-0.2, -0.15) is 13.9 Å². The highest BCUT2D eigenvalue weighted by Crippen LogP contribution is 2.26. The van der Waals surface area contributed by atoms with E-state index in [1.54, 1.807) is 13.8 Å². The van der Waals surface area contributed by atoms with E-state index >= 15 is 0 Å². The first-order valence-corrected chi connectivity index (χ1v) is 5.35. The minimum atomic E-state index is -2.89. The first-order chi connectivity index (χ1) is 8.49. The molecule has 0 saturated carbocycles. The van der Waals surface area contributed by atoms with Gasteiger partial charge in [0.25, 0.3) is 0 Å². The van der Waals surface area contributed by atoms with E-state index in [9.17, 15) is 8.78 Å². The summed E-state index contributed by atoms with van der Waals surface area (Å²) in [5.74, 6) is 0.430. The standard InChI is InChI=1S/C10H9ClF2N4O/c1-5-9(18-10(12)13)6(2)17(16-5)8-3-7(11)14-4-15-8/h3-4,10H,1-2H3. The van der Waals surface area contributed by atoms with Gasteiger partial charge in [-0.05, 0) is 13.8 Å². The van der Waals surface area contributed by atoms with Gasteiger partial charge < -0.3 is 4.74 Å². The second kappa shape index (κ2) is 4.85. The Labute approximate surface area is 106 Å². The molecule has 5 nitrogen and oxygen atoms in total. The first-order valence-electron chi connectivity index (χ1n) is 4.98. The maximum Gasteiger partial charge on any atom is 0.387 e. The third kappa shape index (κ3) is 2.40. The third-order valence-corrected chi connectivity index (χ3v) is 2.47. The average molecular weight is 275 g/mol. The molecule has 0 aromatic carbocycles. The van der Waals surface area contributed by atoms with E-state index < -0.39 is 6.61 Å². The molecule has 96 valence electrons. The molecule has 0 unspecified atom stereocenters. The van der Waals surface area contributed by atoms with Crippen molar-refractivity contribution in [2.24, 2.45) is 0 Å². The Morgan fingerprint density at radius 1 is 1.33 bits per heavy atom. The van der Waals surface area contributed by atoms with Crippen molar-refractivity contribution < 1.29 is 13.5 Å². The normalized spacial score (nSPS) is 11.0. The van der Waals surface area contributed by atoms with E-state index in [1.807, 2.05) is 0 Å². The van der Waals surface area contributed by atoms with E-state index in [0.717, 1.165) is 0 Å². The molecular weight excluding hydrogens is 266 g/mol. The number of hydrogen-bond donors (Lipinski definition) is 0. The van der Waals surface area contributed by atoms with Crippen LogP contribution in [0.5, 0.6) is 5.75 Å². The van der Waals surface area contributed by atoms with Crippen molar-refractivity contribution in [1.82, 2.24) is 19.7 Å². The lowest BCUT2D eigenvalue weighted by Gasteiger charge is -2.05. The van der Waals surface area contributed by atoms with Crippen LogP contribution < -0.4 is 4.74 Å². The Bertz CT molecular complexity index is 573. The summed E-state index contributed by atoms with van der Waals surface area (Å²) in [7, 11) is 0. The van der Waals surface area contributed by atoms with Crippen LogP contribution in [0.1, 0.15) is 11.4 Å². The van der Waals surface area contributed by atoms with Gasteiger partial charge in [-0.25, -0.2) is 14.6 Å². The topological polar surface area (TPSA) is 52.8 Å². The number of nitrogens with zero attached hydrogens (tertiary/aromatic N) is 4. The fraction of sp³-hybridized carbons (Fsp3) is 0.300. The summed E-state index contributed by atoms with van der Waals surface area (Å²) in [5.41, 5.74) is 0.769. The van der Waals surface area contributed by atoms with Crippen LogP contribution in [0.2, 0.25) is 5.15 Å². The number of hydrogen-bond acceptors (Lipinski definition) is 4. The molecule has 0 N–H and O–H groups in total. The number of alkyl halides is 2. The molecule has 0 fully saturated rings. The van der Waals surface area contributed by atoms with Crippen LogP contribution in [-0.4, -0.2) is 26.4 Å². The predicted octanol–water partition coefficient (Wildman–Crippen LogP) is 2.53. The molecule has 8 heteroatoms. The lowest BCUT2D eigenvalue weighted by atomic mass is 10.3. The molecule has 18 heavy (non-hydrogen) atoms. The highest BCUT2D eigenvalue weighted by molar-refractivity contribution is 6.29. The van der Waals surface area contributed by atoms with Crippen LogP contribution in [0.4, 0.5) is 8.78 Å². The highest BCUT2D eigenvalue weighted by atomic mass is 35.5. The largest absolute Gasteiger partial charge is 0.431 e. The lowest BCUT2D eigenvalue weighted by Crippen LogP contribution is -2.05. The predicted molar refractivity (Wildman–Crippen MR) is 60.3 cm³/mol. The van der Waals surface area contributed by atoms with Gasteiger partial charge >= 0.3 is 6.61 Å². The highest BCUT2D eigenvalue weighted by Gasteiger charge is 2.18. The van der Waals surface area contributed by atoms with Gasteiger partial charge in [-0.15, -0.1) is 0 Å². The van der Waals surface area contributed by atoms with Crippen molar-refractivity contribution in [3.8, 4) is 11.6 Å². The Morgan fingerprint density at radius 3 is 2.67 bits per heavy atom. The molecule has 0 bridgehead atoms. The van der Waals surface area contributed by atoms with Crippen LogP contribution >= 0.6 is 11.6 Å². The average Bonchev–Trinajstić information content (AvgIpc) is 2.56. The van der Waals surface area contributed by atoms with E-state index in [4.69, 9.17) is 11.6 Å². The smallest absolute Gasteiger partial charge is 0.387 e. The Kier molecular flexibility index (Phi) is 3.42. The van der Waals surface area contributed by atoms with E-state index in [-0.39, 0.29) is 10.9 Å². The van der Waals surface area contributed by atoms with Crippen LogP contribution in [0.3, 0.4) is 0 Å². The van der Waals surface area contributed by atoms with Crippen LogP contribution in [0, 0.1) is 13.8 Å². The zero-order valence-electron chi connectivity index (χ0n) is 9.56. The van der Waals surface area contributed by atoms with E-state index in [0.29, 0.717) is 17.2 Å². The maximum atomic E-state index is 12.3. The fourth-order valence-corrected chi connectivity index (χ4v) is 1.69. The molecular formula is C10H9ClF2N4O. The van der Waals surface area contributed by atoms with Crippen LogP contribution in [0.15, 0.2) is 12.4 Å². The van der Waals surface area contributed by atoms with Crippen molar-refractivity contribution in [2.45, 2.75) is 20.5 Å². The third-order valence-electron chi connectivity index (χ3n) is 2.27. The van der Waals surface area contributed by atoms with Gasteiger partial charge in [0, 0.05) is 6.07 Å². The van der Waals surface area contributed by atoms with Crippen molar-refractivity contribution >= 4 is 11.6 Å². The quantitative estimate of drug-likeness (QED) is 0.807. The van der Waals surface area contributed by atoms with Gasteiger partial charge in [0.2, 0.25) is 0 Å². The second-order valence-corrected chi connectivity index (χ2v) is 3.88. The zero-order valence-corrected chi connectivity index (χ0v) is 10.3. The van der Waals surface area contributed by atoms with Gasteiger partial charge in [0.15, 0.2) is 11.6 Å². The molecule has 0 radical (unpaired) electrons. The lowest BCUT2D eigenvalue weighted by molar-refractivity contribution is -0.0507. The van der Waals surface area contributed by atoms with Crippen LogP contribution in [-0.2, 0) is 0 Å². The summed E-state index contributed by atoms with van der Waals surface area (Å²) in [5, 5.41) is 4.32. The minimum absolute atomic E-state index is 0.0414. The number of rotatable bonds is 3. The molecule has 0 amide bonds. The minimum Gasteiger partial charge on any atom is -0.431 e. The van der Waals surface area contributed by atoms with E-state index in [2.05, 4.69) is 19.8 Å². The summed E-state index contributed by atoms with van der Waals surface area (Å²) in [6.45, 7) is 0.284. The molecule has 2 heterocycles. The van der Waals surface area contributed by atoms with E-state index in [1.165, 1.54) is 17.1 Å². The Morgan fingerprint density at radius 2 is 2.06 bits per heavy atom. The van der Waals surface area contributed by atoms with Gasteiger partial charge in [0.1, 0.15) is 17.2 Å². The molecule has 0 atom stereocenters. The molecule has 2 aromatic rings. The molecule has 0 aliphatic heterocycles. The number of aryl methyl sites for hydroxylation is 1. The number of ether oxygens (including phenoxy) is 1. The number of aromatic nitrogens is 4. The summed E-state index contributed by atoms with van der Waals surface area (Å²) < 4.78 is 30.3. The second-order valence-electron chi connectivity index (χ2n) is 3.49. The van der Waals surface area contributed by atoms with Gasteiger partial charge in [-0.3, -0.25) is 0 Å². The summed E-state index contributed by atoms with van der Waals surface area (Å²) in [6.07, 6.45) is 1.27. The Balaban J connectivity index is 2.47. The van der Waals surface area contributed by atoms with Crippen molar-refractivity contribution in [2.75, 3.05) is 0 Å². The molecule has 0 spiro atoms. The summed E-state index contributed by atoms with van der Waals surface area (Å²) >= 11 is 5.73. The van der Waals surface area contributed by atoms with Crippen LogP contribution in [0.25, 0.3) is 5.82 Å². The molecule has 2 aromatic heterocycles. The zero-order chi connectivity index (χ0) is 13.3. The first kappa shape index (κ1) is 12.7. The SMILES string of the molecule is Cc1nn(-c2cc(Cl)ncn2)c(C)c1OC(F)F. The van der Waals surface area contributed by atoms with Gasteiger partial charge in [0.05, 0.1) is 5.69 Å². The summed E-state index contributed by atoms with van der Waals surface area (Å²) in [4.78, 5) is 7.70. The maximum absolute atomic E-state index is 12.3. The molecule has 0 aliphatic carbocycles. The van der Waals surface area contributed by atoms with Crippen molar-refractivity contribution in [3.05, 3.63) is 28.9 Å². The summed E-state index contributed by atoms with van der Waals surface area (Å²) in [6, 6.07) is 1.48.